The predicted molar refractivity (Wildman–Crippen MR) is 51.7 cm³/mol. The number of amidine groups is 1. The van der Waals surface area contributed by atoms with Crippen LogP contribution in [0.5, 0.6) is 5.75 Å². The lowest BCUT2D eigenvalue weighted by Crippen LogP contribution is -2.25. The molecule has 0 spiro atoms. The Hall–Kier alpha value is -1.51. The van der Waals surface area contributed by atoms with Crippen molar-refractivity contribution in [3.05, 3.63) is 29.8 Å². The average molecular weight is 176 g/mol. The molecule has 0 amide bonds. The van der Waals surface area contributed by atoms with E-state index in [-0.39, 0.29) is 5.92 Å². The highest BCUT2D eigenvalue weighted by atomic mass is 16.6. The van der Waals surface area contributed by atoms with E-state index >= 15 is 0 Å². The summed E-state index contributed by atoms with van der Waals surface area (Å²) < 4.78 is 0. The summed E-state index contributed by atoms with van der Waals surface area (Å²) in [6.07, 6.45) is 0.954. The van der Waals surface area contributed by atoms with E-state index in [2.05, 4.69) is 12.1 Å². The highest BCUT2D eigenvalue weighted by Gasteiger charge is 2.22. The van der Waals surface area contributed by atoms with Gasteiger partial charge in [0.25, 0.3) is 0 Å². The second-order valence-electron chi connectivity index (χ2n) is 3.11. The SMILES string of the molecule is CCC1C(N)=NOc2ccccc21. The highest BCUT2D eigenvalue weighted by molar-refractivity contribution is 5.88. The fourth-order valence-electron chi connectivity index (χ4n) is 1.61. The van der Waals surface area contributed by atoms with Gasteiger partial charge in [-0.25, -0.2) is 0 Å². The Bertz CT molecular complexity index is 347. The Balaban J connectivity index is 2.46. The number of para-hydroxylation sites is 1. The molecule has 0 saturated carbocycles. The molecular weight excluding hydrogens is 164 g/mol. The summed E-state index contributed by atoms with van der Waals surface area (Å²) in [4.78, 5) is 5.13. The van der Waals surface area contributed by atoms with Gasteiger partial charge in [0.1, 0.15) is 5.84 Å². The van der Waals surface area contributed by atoms with Gasteiger partial charge in [0.2, 0.25) is 0 Å². The smallest absolute Gasteiger partial charge is 0.161 e. The first-order valence-electron chi connectivity index (χ1n) is 4.42. The number of rotatable bonds is 1. The quantitative estimate of drug-likeness (QED) is 0.709. The first kappa shape index (κ1) is 8.10. The summed E-state index contributed by atoms with van der Waals surface area (Å²) in [6.45, 7) is 2.09. The van der Waals surface area contributed by atoms with Gasteiger partial charge in [-0.1, -0.05) is 30.3 Å². The van der Waals surface area contributed by atoms with E-state index in [1.54, 1.807) is 0 Å². The van der Waals surface area contributed by atoms with Crippen molar-refractivity contribution in [3.63, 3.8) is 0 Å². The Kier molecular flexibility index (Phi) is 1.93. The normalized spacial score (nSPS) is 20.1. The van der Waals surface area contributed by atoms with Crippen LogP contribution in [-0.2, 0) is 0 Å². The Labute approximate surface area is 77.2 Å². The van der Waals surface area contributed by atoms with Crippen LogP contribution in [-0.4, -0.2) is 5.84 Å². The second kappa shape index (κ2) is 3.09. The van der Waals surface area contributed by atoms with E-state index in [9.17, 15) is 0 Å². The molecule has 0 aromatic heterocycles. The molecule has 1 heterocycles. The van der Waals surface area contributed by atoms with Crippen molar-refractivity contribution in [3.8, 4) is 5.75 Å². The molecular formula is C10H12N2O. The topological polar surface area (TPSA) is 47.6 Å². The molecule has 68 valence electrons. The summed E-state index contributed by atoms with van der Waals surface area (Å²) in [5.41, 5.74) is 6.87. The minimum absolute atomic E-state index is 0.213. The number of fused-ring (bicyclic) bond motifs is 1. The lowest BCUT2D eigenvalue weighted by molar-refractivity contribution is 0.323. The van der Waals surface area contributed by atoms with Gasteiger partial charge in [0.05, 0.1) is 0 Å². The zero-order valence-electron chi connectivity index (χ0n) is 7.53. The molecule has 1 atom stereocenters. The van der Waals surface area contributed by atoms with Crippen LogP contribution in [0.25, 0.3) is 0 Å². The Morgan fingerprint density at radius 1 is 1.46 bits per heavy atom. The van der Waals surface area contributed by atoms with E-state index in [0.29, 0.717) is 5.84 Å². The molecule has 1 aliphatic rings. The van der Waals surface area contributed by atoms with Crippen molar-refractivity contribution < 1.29 is 4.84 Å². The number of hydrogen-bond donors (Lipinski definition) is 1. The average Bonchev–Trinajstić information content (AvgIpc) is 2.18. The molecule has 2 N–H and O–H groups in total. The number of nitrogens with zero attached hydrogens (tertiary/aromatic N) is 1. The summed E-state index contributed by atoms with van der Waals surface area (Å²) in [5.74, 6) is 1.61. The first-order chi connectivity index (χ1) is 6.33. The fraction of sp³-hybridized carbons (Fsp3) is 0.300. The molecule has 3 nitrogen and oxygen atoms in total. The second-order valence-corrected chi connectivity index (χ2v) is 3.11. The summed E-state index contributed by atoms with van der Waals surface area (Å²) in [6, 6.07) is 7.87. The fourth-order valence-corrected chi connectivity index (χ4v) is 1.61. The summed E-state index contributed by atoms with van der Waals surface area (Å²) >= 11 is 0. The standard InChI is InChI=1S/C10H12N2O/c1-2-7-8-5-3-4-6-9(8)13-12-10(7)11/h3-7H,2H2,1H3,(H2,11,12). The van der Waals surface area contributed by atoms with Crippen LogP contribution in [0.3, 0.4) is 0 Å². The van der Waals surface area contributed by atoms with Crippen LogP contribution in [0.15, 0.2) is 29.4 Å². The zero-order chi connectivity index (χ0) is 9.26. The molecule has 3 heteroatoms. The van der Waals surface area contributed by atoms with E-state index < -0.39 is 0 Å². The third-order valence-electron chi connectivity index (χ3n) is 2.31. The van der Waals surface area contributed by atoms with Gasteiger partial charge in [-0.15, -0.1) is 0 Å². The maximum absolute atomic E-state index is 5.73. The van der Waals surface area contributed by atoms with Crippen molar-refractivity contribution in [1.82, 2.24) is 0 Å². The molecule has 0 aliphatic carbocycles. The van der Waals surface area contributed by atoms with Gasteiger partial charge in [-0.05, 0) is 12.5 Å². The lowest BCUT2D eigenvalue weighted by atomic mass is 9.94. The zero-order valence-corrected chi connectivity index (χ0v) is 7.53. The number of oxime groups is 1. The van der Waals surface area contributed by atoms with Crippen LogP contribution in [0.1, 0.15) is 24.8 Å². The van der Waals surface area contributed by atoms with Crippen molar-refractivity contribution in [2.75, 3.05) is 0 Å². The molecule has 1 aliphatic heterocycles. The molecule has 2 rings (SSSR count). The monoisotopic (exact) mass is 176 g/mol. The Morgan fingerprint density at radius 3 is 3.00 bits per heavy atom. The summed E-state index contributed by atoms with van der Waals surface area (Å²) in [7, 11) is 0. The van der Waals surface area contributed by atoms with Crippen LogP contribution < -0.4 is 10.6 Å². The van der Waals surface area contributed by atoms with Crippen LogP contribution in [0, 0.1) is 0 Å². The Morgan fingerprint density at radius 2 is 2.23 bits per heavy atom. The molecule has 1 aromatic carbocycles. The predicted octanol–water partition coefficient (Wildman–Crippen LogP) is 1.84. The molecule has 0 radical (unpaired) electrons. The maximum Gasteiger partial charge on any atom is 0.161 e. The van der Waals surface area contributed by atoms with Crippen molar-refractivity contribution in [1.29, 1.82) is 0 Å². The maximum atomic E-state index is 5.73. The third kappa shape index (κ3) is 1.26. The third-order valence-corrected chi connectivity index (χ3v) is 2.31. The molecule has 1 aromatic rings. The number of hydrogen-bond acceptors (Lipinski definition) is 3. The van der Waals surface area contributed by atoms with Crippen molar-refractivity contribution >= 4 is 5.84 Å². The van der Waals surface area contributed by atoms with Gasteiger partial charge >= 0.3 is 0 Å². The highest BCUT2D eigenvalue weighted by Crippen LogP contribution is 2.32. The number of nitrogens with two attached hydrogens (primary N) is 1. The molecule has 1 unspecified atom stereocenters. The number of benzene rings is 1. The van der Waals surface area contributed by atoms with E-state index in [1.165, 1.54) is 0 Å². The van der Waals surface area contributed by atoms with Gasteiger partial charge in [0, 0.05) is 11.5 Å². The largest absolute Gasteiger partial charge is 0.384 e. The lowest BCUT2D eigenvalue weighted by Gasteiger charge is -2.20. The van der Waals surface area contributed by atoms with E-state index in [0.717, 1.165) is 17.7 Å². The summed E-state index contributed by atoms with van der Waals surface area (Å²) in [5, 5.41) is 3.82. The van der Waals surface area contributed by atoms with Gasteiger partial charge in [0.15, 0.2) is 5.75 Å². The first-order valence-corrected chi connectivity index (χ1v) is 4.42. The van der Waals surface area contributed by atoms with E-state index in [1.807, 2.05) is 24.3 Å². The van der Waals surface area contributed by atoms with Gasteiger partial charge < -0.3 is 10.6 Å². The van der Waals surface area contributed by atoms with Crippen LogP contribution >= 0.6 is 0 Å². The van der Waals surface area contributed by atoms with Crippen LogP contribution in [0.4, 0.5) is 0 Å². The van der Waals surface area contributed by atoms with E-state index in [4.69, 9.17) is 10.6 Å². The van der Waals surface area contributed by atoms with Gasteiger partial charge in [-0.2, -0.15) is 0 Å². The van der Waals surface area contributed by atoms with Crippen molar-refractivity contribution in [2.24, 2.45) is 10.9 Å². The molecule has 0 saturated heterocycles. The van der Waals surface area contributed by atoms with Crippen LogP contribution in [0.2, 0.25) is 0 Å². The molecule has 0 bridgehead atoms. The molecule has 0 fully saturated rings. The molecule has 13 heavy (non-hydrogen) atoms. The minimum Gasteiger partial charge on any atom is -0.384 e. The van der Waals surface area contributed by atoms with Crippen molar-refractivity contribution in [2.45, 2.75) is 19.3 Å². The van der Waals surface area contributed by atoms with Gasteiger partial charge in [-0.3, -0.25) is 0 Å². The minimum atomic E-state index is 0.213.